The average Bonchev–Trinajstić information content (AvgIpc) is 2.71. The highest BCUT2D eigenvalue weighted by molar-refractivity contribution is 5.74. The third kappa shape index (κ3) is 4.20. The van der Waals surface area contributed by atoms with E-state index in [-0.39, 0.29) is 17.2 Å². The van der Waals surface area contributed by atoms with E-state index in [0.717, 1.165) is 12.1 Å². The fourth-order valence-electron chi connectivity index (χ4n) is 2.99. The summed E-state index contributed by atoms with van der Waals surface area (Å²) in [4.78, 5) is 14.2. The van der Waals surface area contributed by atoms with E-state index >= 15 is 0 Å². The van der Waals surface area contributed by atoms with Crippen molar-refractivity contribution in [2.75, 3.05) is 19.6 Å². The molecule has 118 valence electrons. The summed E-state index contributed by atoms with van der Waals surface area (Å²) in [6.45, 7) is 9.89. The molecule has 1 aliphatic heterocycles. The number of nitrogens with zero attached hydrogens (tertiary/aromatic N) is 3. The monoisotopic (exact) mass is 294 g/mol. The van der Waals surface area contributed by atoms with Crippen molar-refractivity contribution < 1.29 is 9.53 Å². The second-order valence-corrected chi connectivity index (χ2v) is 6.91. The minimum absolute atomic E-state index is 0.0263. The van der Waals surface area contributed by atoms with Gasteiger partial charge in [-0.1, -0.05) is 0 Å². The fourth-order valence-corrected chi connectivity index (χ4v) is 2.99. The van der Waals surface area contributed by atoms with Crippen LogP contribution in [-0.4, -0.2) is 51.5 Å². The number of hydrogen-bond acceptors (Lipinski definition) is 3. The number of morpholine rings is 1. The lowest BCUT2D eigenvalue weighted by Crippen LogP contribution is -2.60. The maximum Gasteiger partial charge on any atom is 0.317 e. The molecule has 2 heterocycles. The zero-order valence-electron chi connectivity index (χ0n) is 13.6. The molecule has 1 saturated heterocycles. The number of aryl methyl sites for hydroxylation is 1. The molecule has 2 amide bonds. The molecule has 0 bridgehead atoms. The van der Waals surface area contributed by atoms with Gasteiger partial charge in [-0.05, 0) is 33.8 Å². The van der Waals surface area contributed by atoms with Gasteiger partial charge in [-0.2, -0.15) is 5.10 Å². The molecule has 0 aliphatic carbocycles. The van der Waals surface area contributed by atoms with Crippen molar-refractivity contribution in [3.05, 3.63) is 18.0 Å². The Labute approximate surface area is 126 Å². The Hall–Kier alpha value is -1.56. The molecule has 0 aromatic carbocycles. The number of carbonyl (C=O) groups excluding carboxylic acids is 1. The van der Waals surface area contributed by atoms with Crippen molar-refractivity contribution in [3.8, 4) is 0 Å². The first-order valence-electron chi connectivity index (χ1n) is 7.38. The summed E-state index contributed by atoms with van der Waals surface area (Å²) < 4.78 is 7.81. The van der Waals surface area contributed by atoms with E-state index in [1.807, 2.05) is 50.4 Å². The molecule has 1 fully saturated rings. The van der Waals surface area contributed by atoms with E-state index in [9.17, 15) is 4.79 Å². The van der Waals surface area contributed by atoms with E-state index in [2.05, 4.69) is 10.4 Å². The lowest BCUT2D eigenvalue weighted by atomic mass is 9.99. The SMILES string of the molecule is Cn1nccc1CCNC(=O)N1CC(C)(C)OC(C)(C)C1. The van der Waals surface area contributed by atoms with Crippen LogP contribution in [-0.2, 0) is 18.2 Å². The van der Waals surface area contributed by atoms with E-state index < -0.39 is 0 Å². The fraction of sp³-hybridized carbons (Fsp3) is 0.733. The second kappa shape index (κ2) is 5.67. The predicted molar refractivity (Wildman–Crippen MR) is 81.1 cm³/mol. The second-order valence-electron chi connectivity index (χ2n) is 6.91. The number of ether oxygens (including phenoxy) is 1. The Morgan fingerprint density at radius 2 is 1.95 bits per heavy atom. The Bertz CT molecular complexity index is 492. The molecule has 2 rings (SSSR count). The van der Waals surface area contributed by atoms with Gasteiger partial charge in [0, 0.05) is 31.9 Å². The topological polar surface area (TPSA) is 59.4 Å². The number of aromatic nitrogens is 2. The van der Waals surface area contributed by atoms with Crippen LogP contribution in [0.3, 0.4) is 0 Å². The number of hydrogen-bond donors (Lipinski definition) is 1. The average molecular weight is 294 g/mol. The lowest BCUT2D eigenvalue weighted by molar-refractivity contribution is -0.170. The van der Waals surface area contributed by atoms with Gasteiger partial charge in [0.25, 0.3) is 0 Å². The van der Waals surface area contributed by atoms with Crippen molar-refractivity contribution in [1.82, 2.24) is 20.0 Å². The molecular formula is C15H26N4O2. The Balaban J connectivity index is 1.87. The van der Waals surface area contributed by atoms with Crippen molar-refractivity contribution in [3.63, 3.8) is 0 Å². The summed E-state index contributed by atoms with van der Waals surface area (Å²) in [6, 6.07) is 1.94. The van der Waals surface area contributed by atoms with Gasteiger partial charge in [-0.15, -0.1) is 0 Å². The molecule has 1 N–H and O–H groups in total. The van der Waals surface area contributed by atoms with Crippen LogP contribution in [0.5, 0.6) is 0 Å². The van der Waals surface area contributed by atoms with Gasteiger partial charge in [-0.25, -0.2) is 4.79 Å². The van der Waals surface area contributed by atoms with Crippen LogP contribution in [0.2, 0.25) is 0 Å². The minimum Gasteiger partial charge on any atom is -0.366 e. The zero-order chi connectivity index (χ0) is 15.7. The van der Waals surface area contributed by atoms with Crippen molar-refractivity contribution in [1.29, 1.82) is 0 Å². The van der Waals surface area contributed by atoms with Crippen LogP contribution in [0.1, 0.15) is 33.4 Å². The molecule has 0 spiro atoms. The van der Waals surface area contributed by atoms with Gasteiger partial charge in [0.15, 0.2) is 0 Å². The first-order chi connectivity index (χ1) is 9.69. The largest absolute Gasteiger partial charge is 0.366 e. The smallest absolute Gasteiger partial charge is 0.317 e. The molecule has 0 atom stereocenters. The predicted octanol–water partition coefficient (Wildman–Crippen LogP) is 1.56. The number of amides is 2. The summed E-state index contributed by atoms with van der Waals surface area (Å²) in [5, 5.41) is 7.10. The molecule has 1 aromatic heterocycles. The van der Waals surface area contributed by atoms with Crippen molar-refractivity contribution in [2.45, 2.75) is 45.3 Å². The van der Waals surface area contributed by atoms with Gasteiger partial charge >= 0.3 is 6.03 Å². The highest BCUT2D eigenvalue weighted by Gasteiger charge is 2.39. The van der Waals surface area contributed by atoms with Gasteiger partial charge < -0.3 is 15.0 Å². The third-order valence-electron chi connectivity index (χ3n) is 3.56. The summed E-state index contributed by atoms with van der Waals surface area (Å²) in [5.74, 6) is 0. The van der Waals surface area contributed by atoms with Gasteiger partial charge in [0.1, 0.15) is 0 Å². The number of rotatable bonds is 3. The van der Waals surface area contributed by atoms with E-state index in [4.69, 9.17) is 4.74 Å². The quantitative estimate of drug-likeness (QED) is 0.920. The van der Waals surface area contributed by atoms with Gasteiger partial charge in [0.2, 0.25) is 0 Å². The summed E-state index contributed by atoms with van der Waals surface area (Å²) >= 11 is 0. The van der Waals surface area contributed by atoms with E-state index in [1.165, 1.54) is 0 Å². The molecule has 1 aromatic rings. The molecule has 0 unspecified atom stereocenters. The Morgan fingerprint density at radius 3 is 2.48 bits per heavy atom. The standard InChI is InChI=1S/C15H26N4O2/c1-14(2)10-19(11-15(3,4)21-14)13(20)16-8-6-12-7-9-17-18(12)5/h7,9H,6,8,10-11H2,1-5H3,(H,16,20). The van der Waals surface area contributed by atoms with Gasteiger partial charge in [0.05, 0.1) is 24.3 Å². The maximum absolute atomic E-state index is 12.3. The molecule has 6 heteroatoms. The molecule has 0 radical (unpaired) electrons. The zero-order valence-corrected chi connectivity index (χ0v) is 13.6. The first-order valence-corrected chi connectivity index (χ1v) is 7.38. The van der Waals surface area contributed by atoms with Crippen molar-refractivity contribution >= 4 is 6.03 Å². The van der Waals surface area contributed by atoms with Gasteiger partial charge in [-0.3, -0.25) is 4.68 Å². The summed E-state index contributed by atoms with van der Waals surface area (Å²) in [5.41, 5.74) is 0.473. The van der Waals surface area contributed by atoms with Crippen LogP contribution in [0.15, 0.2) is 12.3 Å². The normalized spacial score (nSPS) is 20.3. The number of carbonyl (C=O) groups is 1. The highest BCUT2D eigenvalue weighted by atomic mass is 16.5. The third-order valence-corrected chi connectivity index (χ3v) is 3.56. The summed E-state index contributed by atoms with van der Waals surface area (Å²) in [6.07, 6.45) is 2.55. The highest BCUT2D eigenvalue weighted by Crippen LogP contribution is 2.27. The Morgan fingerprint density at radius 1 is 1.33 bits per heavy atom. The van der Waals surface area contributed by atoms with Crippen LogP contribution in [0.25, 0.3) is 0 Å². The molecule has 21 heavy (non-hydrogen) atoms. The van der Waals surface area contributed by atoms with E-state index in [0.29, 0.717) is 19.6 Å². The number of urea groups is 1. The summed E-state index contributed by atoms with van der Waals surface area (Å²) in [7, 11) is 1.91. The molecular weight excluding hydrogens is 268 g/mol. The lowest BCUT2D eigenvalue weighted by Gasteiger charge is -2.47. The Kier molecular flexibility index (Phi) is 4.27. The minimum atomic E-state index is -0.318. The maximum atomic E-state index is 12.3. The van der Waals surface area contributed by atoms with Crippen LogP contribution < -0.4 is 5.32 Å². The van der Waals surface area contributed by atoms with Crippen molar-refractivity contribution in [2.24, 2.45) is 7.05 Å². The van der Waals surface area contributed by atoms with E-state index in [1.54, 1.807) is 6.20 Å². The van der Waals surface area contributed by atoms with Crippen LogP contribution in [0.4, 0.5) is 4.79 Å². The van der Waals surface area contributed by atoms with Crippen LogP contribution in [0, 0.1) is 0 Å². The van der Waals surface area contributed by atoms with Crippen LogP contribution >= 0.6 is 0 Å². The number of nitrogens with one attached hydrogen (secondary N) is 1. The molecule has 1 aliphatic rings. The molecule has 0 saturated carbocycles. The first kappa shape index (κ1) is 15.8. The molecule has 6 nitrogen and oxygen atoms in total.